The minimum Gasteiger partial charge on any atom is -0.398 e. The van der Waals surface area contributed by atoms with Crippen LogP contribution in [0.3, 0.4) is 0 Å². The molecule has 17 heavy (non-hydrogen) atoms. The van der Waals surface area contributed by atoms with Crippen molar-refractivity contribution < 1.29 is 8.42 Å². The van der Waals surface area contributed by atoms with Crippen LogP contribution in [0.25, 0.3) is 0 Å². The number of nitrogens with one attached hydrogen (secondary N) is 1. The van der Waals surface area contributed by atoms with Gasteiger partial charge in [-0.3, -0.25) is 0 Å². The third-order valence-corrected chi connectivity index (χ3v) is 3.35. The van der Waals surface area contributed by atoms with Crippen molar-refractivity contribution in [1.29, 1.82) is 0 Å². The second-order valence-corrected chi connectivity index (χ2v) is 5.94. The van der Waals surface area contributed by atoms with Crippen molar-refractivity contribution in [2.24, 2.45) is 11.1 Å². The van der Waals surface area contributed by atoms with Crippen LogP contribution in [0, 0.1) is 5.92 Å². The van der Waals surface area contributed by atoms with Crippen LogP contribution >= 0.6 is 0 Å². The fourth-order valence-corrected chi connectivity index (χ4v) is 2.07. The predicted molar refractivity (Wildman–Crippen MR) is 70.2 cm³/mol. The third kappa shape index (κ3) is 4.24. The second-order valence-electron chi connectivity index (χ2n) is 4.41. The SMILES string of the molecule is CC(C)CCNc1ccc(S(N)(=O)=O)c(N)c1. The molecule has 0 aromatic heterocycles. The smallest absolute Gasteiger partial charge is 0.240 e. The molecule has 5 nitrogen and oxygen atoms in total. The Kier molecular flexibility index (Phi) is 4.36. The lowest BCUT2D eigenvalue weighted by atomic mass is 10.1. The summed E-state index contributed by atoms with van der Waals surface area (Å²) in [5.74, 6) is 0.614. The number of primary sulfonamides is 1. The molecule has 0 atom stereocenters. The number of hydrogen-bond acceptors (Lipinski definition) is 4. The van der Waals surface area contributed by atoms with Gasteiger partial charge >= 0.3 is 0 Å². The van der Waals surface area contributed by atoms with E-state index in [-0.39, 0.29) is 10.6 Å². The molecule has 0 saturated carbocycles. The first-order chi connectivity index (χ1) is 7.80. The Bertz CT molecular complexity index is 483. The molecule has 96 valence electrons. The van der Waals surface area contributed by atoms with Crippen LogP contribution in [0.15, 0.2) is 23.1 Å². The van der Waals surface area contributed by atoms with E-state index in [1.165, 1.54) is 6.07 Å². The number of sulfonamides is 1. The number of hydrogen-bond donors (Lipinski definition) is 3. The van der Waals surface area contributed by atoms with Gasteiger partial charge in [-0.15, -0.1) is 0 Å². The number of nitrogen functional groups attached to an aromatic ring is 1. The normalized spacial score (nSPS) is 11.8. The predicted octanol–water partition coefficient (Wildman–Crippen LogP) is 1.37. The Morgan fingerprint density at radius 3 is 2.47 bits per heavy atom. The van der Waals surface area contributed by atoms with Gasteiger partial charge in [-0.05, 0) is 30.5 Å². The lowest BCUT2D eigenvalue weighted by Crippen LogP contribution is -2.14. The maximum atomic E-state index is 11.1. The van der Waals surface area contributed by atoms with Gasteiger partial charge in [0.15, 0.2) is 0 Å². The van der Waals surface area contributed by atoms with Gasteiger partial charge in [0.2, 0.25) is 10.0 Å². The summed E-state index contributed by atoms with van der Waals surface area (Å²) in [6, 6.07) is 4.67. The number of anilines is 2. The second kappa shape index (κ2) is 5.37. The minimum atomic E-state index is -3.74. The molecule has 0 saturated heterocycles. The third-order valence-electron chi connectivity index (χ3n) is 2.37. The molecule has 1 aromatic rings. The maximum absolute atomic E-state index is 11.1. The van der Waals surface area contributed by atoms with Crippen molar-refractivity contribution in [3.05, 3.63) is 18.2 Å². The van der Waals surface area contributed by atoms with Crippen molar-refractivity contribution in [3.8, 4) is 0 Å². The largest absolute Gasteiger partial charge is 0.398 e. The quantitative estimate of drug-likeness (QED) is 0.694. The van der Waals surface area contributed by atoms with Gasteiger partial charge in [-0.2, -0.15) is 0 Å². The van der Waals surface area contributed by atoms with Gasteiger partial charge in [0, 0.05) is 12.2 Å². The highest BCUT2D eigenvalue weighted by Crippen LogP contribution is 2.21. The van der Waals surface area contributed by atoms with Gasteiger partial charge in [0.1, 0.15) is 4.90 Å². The summed E-state index contributed by atoms with van der Waals surface area (Å²) in [6.45, 7) is 5.10. The Labute approximate surface area is 102 Å². The summed E-state index contributed by atoms with van der Waals surface area (Å²) < 4.78 is 22.3. The van der Waals surface area contributed by atoms with E-state index < -0.39 is 10.0 Å². The van der Waals surface area contributed by atoms with Gasteiger partial charge in [-0.25, -0.2) is 13.6 Å². The highest BCUT2D eigenvalue weighted by Gasteiger charge is 2.11. The lowest BCUT2D eigenvalue weighted by molar-refractivity contribution is 0.598. The molecule has 0 aliphatic carbocycles. The minimum absolute atomic E-state index is 0.0353. The highest BCUT2D eigenvalue weighted by molar-refractivity contribution is 7.89. The monoisotopic (exact) mass is 257 g/mol. The van der Waals surface area contributed by atoms with E-state index in [0.29, 0.717) is 5.92 Å². The summed E-state index contributed by atoms with van der Waals surface area (Å²) in [5, 5.41) is 8.20. The molecule has 0 aliphatic rings. The topological polar surface area (TPSA) is 98.2 Å². The van der Waals surface area contributed by atoms with E-state index in [1.54, 1.807) is 12.1 Å². The van der Waals surface area contributed by atoms with Crippen LogP contribution in [0.2, 0.25) is 0 Å². The molecule has 0 unspecified atom stereocenters. The average Bonchev–Trinajstić information content (AvgIpc) is 2.14. The molecule has 0 spiro atoms. The first-order valence-electron chi connectivity index (χ1n) is 5.47. The Morgan fingerprint density at radius 1 is 1.35 bits per heavy atom. The zero-order valence-corrected chi connectivity index (χ0v) is 10.9. The number of nitrogens with two attached hydrogens (primary N) is 2. The van der Waals surface area contributed by atoms with E-state index in [0.717, 1.165) is 18.7 Å². The summed E-state index contributed by atoms with van der Waals surface area (Å²) in [4.78, 5) is -0.0353. The van der Waals surface area contributed by atoms with E-state index in [2.05, 4.69) is 19.2 Å². The van der Waals surface area contributed by atoms with Crippen LogP contribution in [0.5, 0.6) is 0 Å². The van der Waals surface area contributed by atoms with Crippen LogP contribution in [0.4, 0.5) is 11.4 Å². The van der Waals surface area contributed by atoms with E-state index in [1.807, 2.05) is 0 Å². The summed E-state index contributed by atoms with van der Waals surface area (Å²) in [5.41, 5.74) is 6.61. The molecule has 0 amide bonds. The van der Waals surface area contributed by atoms with Gasteiger partial charge in [0.05, 0.1) is 5.69 Å². The summed E-state index contributed by atoms with van der Waals surface area (Å²) in [7, 11) is -3.74. The average molecular weight is 257 g/mol. The molecule has 5 N–H and O–H groups in total. The van der Waals surface area contributed by atoms with Crippen LogP contribution < -0.4 is 16.2 Å². The van der Waals surface area contributed by atoms with Gasteiger partial charge in [-0.1, -0.05) is 13.8 Å². The van der Waals surface area contributed by atoms with Crippen LogP contribution in [0.1, 0.15) is 20.3 Å². The zero-order chi connectivity index (χ0) is 13.1. The van der Waals surface area contributed by atoms with Gasteiger partial charge < -0.3 is 11.1 Å². The fraction of sp³-hybridized carbons (Fsp3) is 0.455. The highest BCUT2D eigenvalue weighted by atomic mass is 32.2. The Morgan fingerprint density at radius 2 is 2.00 bits per heavy atom. The Hall–Kier alpha value is -1.27. The number of benzene rings is 1. The Balaban J connectivity index is 2.76. The van der Waals surface area contributed by atoms with Crippen molar-refractivity contribution in [1.82, 2.24) is 0 Å². The first-order valence-corrected chi connectivity index (χ1v) is 7.01. The zero-order valence-electron chi connectivity index (χ0n) is 10.1. The lowest BCUT2D eigenvalue weighted by Gasteiger charge is -2.10. The van der Waals surface area contributed by atoms with E-state index in [9.17, 15) is 8.42 Å². The first kappa shape index (κ1) is 13.8. The molecular weight excluding hydrogens is 238 g/mol. The van der Waals surface area contributed by atoms with Crippen molar-refractivity contribution in [2.75, 3.05) is 17.6 Å². The van der Waals surface area contributed by atoms with Gasteiger partial charge in [0.25, 0.3) is 0 Å². The summed E-state index contributed by atoms with van der Waals surface area (Å²) in [6.07, 6.45) is 1.04. The number of rotatable bonds is 5. The standard InChI is InChI=1S/C11H19N3O2S/c1-8(2)5-6-14-9-3-4-11(10(12)7-9)17(13,15)16/h3-4,7-8,14H,5-6,12H2,1-2H3,(H2,13,15,16). The molecule has 1 aromatic carbocycles. The summed E-state index contributed by atoms with van der Waals surface area (Å²) >= 11 is 0. The molecule has 0 heterocycles. The van der Waals surface area contributed by atoms with Crippen molar-refractivity contribution in [2.45, 2.75) is 25.2 Å². The van der Waals surface area contributed by atoms with Crippen LogP contribution in [-0.4, -0.2) is 15.0 Å². The van der Waals surface area contributed by atoms with Crippen molar-refractivity contribution in [3.63, 3.8) is 0 Å². The molecule has 0 radical (unpaired) electrons. The maximum Gasteiger partial charge on any atom is 0.240 e. The molecule has 0 bridgehead atoms. The van der Waals surface area contributed by atoms with E-state index in [4.69, 9.17) is 10.9 Å². The fourth-order valence-electron chi connectivity index (χ4n) is 1.42. The molecule has 1 rings (SSSR count). The molecule has 0 fully saturated rings. The van der Waals surface area contributed by atoms with E-state index >= 15 is 0 Å². The molecule has 0 aliphatic heterocycles. The van der Waals surface area contributed by atoms with Crippen LogP contribution in [-0.2, 0) is 10.0 Å². The molecular formula is C11H19N3O2S. The molecule has 6 heteroatoms. The van der Waals surface area contributed by atoms with Crippen molar-refractivity contribution >= 4 is 21.4 Å².